The summed E-state index contributed by atoms with van der Waals surface area (Å²) in [7, 11) is -1.37. The maximum Gasteiger partial charge on any atom is 0.272 e. The molecule has 0 bridgehead atoms. The van der Waals surface area contributed by atoms with Crippen LogP contribution in [-0.2, 0) is 9.84 Å². The van der Waals surface area contributed by atoms with Crippen LogP contribution in [0.2, 0.25) is 0 Å². The fourth-order valence-electron chi connectivity index (χ4n) is 3.20. The molecule has 23 heavy (non-hydrogen) atoms. The average molecular weight is 338 g/mol. The molecule has 1 atom stereocenters. The summed E-state index contributed by atoms with van der Waals surface area (Å²) >= 11 is 0. The molecule has 0 aliphatic carbocycles. The van der Waals surface area contributed by atoms with Gasteiger partial charge in [-0.15, -0.1) is 0 Å². The van der Waals surface area contributed by atoms with Crippen molar-refractivity contribution in [1.29, 1.82) is 0 Å². The number of sulfone groups is 1. The molecule has 2 aliphatic rings. The smallest absolute Gasteiger partial charge is 0.272 e. The Morgan fingerprint density at radius 2 is 2.00 bits per heavy atom. The van der Waals surface area contributed by atoms with Crippen LogP contribution in [0.15, 0.2) is 6.07 Å². The molecule has 0 radical (unpaired) electrons. The van der Waals surface area contributed by atoms with E-state index in [0.29, 0.717) is 17.9 Å². The van der Waals surface area contributed by atoms with Crippen LogP contribution in [0, 0.1) is 6.92 Å². The van der Waals surface area contributed by atoms with E-state index in [2.05, 4.69) is 14.9 Å². The molecule has 1 amide bonds. The molecule has 1 unspecified atom stereocenters. The summed E-state index contributed by atoms with van der Waals surface area (Å²) in [5.41, 5.74) is 0.339. The predicted octanol–water partition coefficient (Wildman–Crippen LogP) is 0.644. The van der Waals surface area contributed by atoms with E-state index >= 15 is 0 Å². The highest BCUT2D eigenvalue weighted by atomic mass is 32.2. The molecule has 0 aromatic carbocycles. The molecular formula is C15H22N4O3S. The van der Waals surface area contributed by atoms with E-state index in [0.717, 1.165) is 31.7 Å². The Morgan fingerprint density at radius 1 is 1.30 bits per heavy atom. The van der Waals surface area contributed by atoms with Crippen molar-refractivity contribution in [1.82, 2.24) is 14.9 Å². The fourth-order valence-corrected chi connectivity index (χ4v) is 4.97. The fraction of sp³-hybridized carbons (Fsp3) is 0.667. The summed E-state index contributed by atoms with van der Waals surface area (Å²) in [6.07, 6.45) is 2.76. The van der Waals surface area contributed by atoms with Crippen LogP contribution < -0.4 is 4.90 Å². The summed E-state index contributed by atoms with van der Waals surface area (Å²) in [5, 5.41) is 0. The molecular weight excluding hydrogens is 316 g/mol. The van der Waals surface area contributed by atoms with Crippen molar-refractivity contribution in [3.05, 3.63) is 17.6 Å². The first-order chi connectivity index (χ1) is 10.9. The first kappa shape index (κ1) is 16.2. The number of aryl methyl sites for hydroxylation is 1. The van der Waals surface area contributed by atoms with Crippen LogP contribution in [0.3, 0.4) is 0 Å². The van der Waals surface area contributed by atoms with Crippen LogP contribution in [-0.4, -0.2) is 66.9 Å². The minimum Gasteiger partial charge on any atom is -0.356 e. The lowest BCUT2D eigenvalue weighted by atomic mass is 10.2. The first-order valence-corrected chi connectivity index (χ1v) is 9.76. The van der Waals surface area contributed by atoms with E-state index in [1.807, 2.05) is 0 Å². The second-order valence-corrected chi connectivity index (χ2v) is 8.55. The van der Waals surface area contributed by atoms with Gasteiger partial charge in [0, 0.05) is 32.2 Å². The number of nitrogens with zero attached hydrogens (tertiary/aromatic N) is 4. The molecule has 0 spiro atoms. The van der Waals surface area contributed by atoms with Crippen molar-refractivity contribution in [3.8, 4) is 0 Å². The molecule has 0 N–H and O–H groups in total. The van der Waals surface area contributed by atoms with Crippen molar-refractivity contribution in [2.75, 3.05) is 36.5 Å². The molecule has 3 rings (SSSR count). The van der Waals surface area contributed by atoms with Gasteiger partial charge >= 0.3 is 0 Å². The number of hydrogen-bond acceptors (Lipinski definition) is 6. The molecule has 8 heteroatoms. The lowest BCUT2D eigenvalue weighted by Crippen LogP contribution is -2.38. The standard InChI is InChI=1S/C15H22N4O3S/c1-11-16-13(9-14(17-11)19-6-3-4-7-19)15(20)18(2)12-5-8-23(21,22)10-12/h9,12H,3-8,10H2,1-2H3. The number of amides is 1. The lowest BCUT2D eigenvalue weighted by molar-refractivity contribution is 0.0741. The van der Waals surface area contributed by atoms with Gasteiger partial charge in [-0.05, 0) is 26.2 Å². The van der Waals surface area contributed by atoms with Gasteiger partial charge in [0.25, 0.3) is 5.91 Å². The van der Waals surface area contributed by atoms with E-state index in [4.69, 9.17) is 0 Å². The second-order valence-electron chi connectivity index (χ2n) is 6.33. The molecule has 0 saturated carbocycles. The summed E-state index contributed by atoms with van der Waals surface area (Å²) < 4.78 is 23.2. The normalized spacial score (nSPS) is 23.2. The number of hydrogen-bond donors (Lipinski definition) is 0. The van der Waals surface area contributed by atoms with Gasteiger partial charge < -0.3 is 9.80 Å². The molecule has 1 aromatic rings. The van der Waals surface area contributed by atoms with Crippen molar-refractivity contribution < 1.29 is 13.2 Å². The molecule has 7 nitrogen and oxygen atoms in total. The highest BCUT2D eigenvalue weighted by molar-refractivity contribution is 7.91. The summed E-state index contributed by atoms with van der Waals surface area (Å²) in [6.45, 7) is 3.66. The predicted molar refractivity (Wildman–Crippen MR) is 87.4 cm³/mol. The van der Waals surface area contributed by atoms with Gasteiger partial charge in [0.1, 0.15) is 17.3 Å². The average Bonchev–Trinajstić information content (AvgIpc) is 3.14. The maximum atomic E-state index is 12.7. The van der Waals surface area contributed by atoms with E-state index in [1.165, 1.54) is 4.90 Å². The van der Waals surface area contributed by atoms with Crippen molar-refractivity contribution in [2.45, 2.75) is 32.2 Å². The van der Waals surface area contributed by atoms with Crippen molar-refractivity contribution in [2.24, 2.45) is 0 Å². The van der Waals surface area contributed by atoms with Gasteiger partial charge in [-0.2, -0.15) is 0 Å². The zero-order chi connectivity index (χ0) is 16.6. The summed E-state index contributed by atoms with van der Waals surface area (Å²) in [5.74, 6) is 1.30. The Balaban J connectivity index is 1.81. The van der Waals surface area contributed by atoms with Crippen molar-refractivity contribution in [3.63, 3.8) is 0 Å². The second kappa shape index (κ2) is 6.07. The third-order valence-corrected chi connectivity index (χ3v) is 6.30. The Kier molecular flexibility index (Phi) is 4.27. The molecule has 2 saturated heterocycles. The maximum absolute atomic E-state index is 12.7. The molecule has 2 fully saturated rings. The minimum atomic E-state index is -3.02. The van der Waals surface area contributed by atoms with Crippen LogP contribution in [0.25, 0.3) is 0 Å². The highest BCUT2D eigenvalue weighted by Crippen LogP contribution is 2.21. The van der Waals surface area contributed by atoms with Crippen LogP contribution in [0.4, 0.5) is 5.82 Å². The van der Waals surface area contributed by atoms with E-state index < -0.39 is 9.84 Å². The van der Waals surface area contributed by atoms with E-state index in [-0.39, 0.29) is 23.5 Å². The molecule has 2 aliphatic heterocycles. The summed E-state index contributed by atoms with van der Waals surface area (Å²) in [4.78, 5) is 25.0. The molecule has 1 aromatic heterocycles. The zero-order valence-electron chi connectivity index (χ0n) is 13.5. The number of aromatic nitrogens is 2. The number of anilines is 1. The Morgan fingerprint density at radius 3 is 2.61 bits per heavy atom. The van der Waals surface area contributed by atoms with Gasteiger partial charge in [0.15, 0.2) is 9.84 Å². The number of carbonyl (C=O) groups excluding carboxylic acids is 1. The van der Waals surface area contributed by atoms with Crippen LogP contribution in [0.1, 0.15) is 35.6 Å². The van der Waals surface area contributed by atoms with E-state index in [9.17, 15) is 13.2 Å². The van der Waals surface area contributed by atoms with Gasteiger partial charge in [-0.25, -0.2) is 18.4 Å². The number of rotatable bonds is 3. The highest BCUT2D eigenvalue weighted by Gasteiger charge is 2.33. The van der Waals surface area contributed by atoms with Gasteiger partial charge in [0.05, 0.1) is 11.5 Å². The summed E-state index contributed by atoms with van der Waals surface area (Å²) in [6, 6.07) is 1.46. The molecule has 3 heterocycles. The third kappa shape index (κ3) is 3.46. The Hall–Kier alpha value is -1.70. The molecule has 126 valence electrons. The largest absolute Gasteiger partial charge is 0.356 e. The Bertz CT molecular complexity index is 713. The lowest BCUT2D eigenvalue weighted by Gasteiger charge is -2.24. The van der Waals surface area contributed by atoms with Crippen molar-refractivity contribution >= 4 is 21.6 Å². The zero-order valence-corrected chi connectivity index (χ0v) is 14.3. The van der Waals surface area contributed by atoms with Gasteiger partial charge in [-0.1, -0.05) is 0 Å². The topological polar surface area (TPSA) is 83.5 Å². The third-order valence-electron chi connectivity index (χ3n) is 4.55. The SMILES string of the molecule is Cc1nc(C(=O)N(C)C2CCS(=O)(=O)C2)cc(N2CCCC2)n1. The Labute approximate surface area is 136 Å². The quantitative estimate of drug-likeness (QED) is 0.804. The van der Waals surface area contributed by atoms with Gasteiger partial charge in [-0.3, -0.25) is 4.79 Å². The van der Waals surface area contributed by atoms with E-state index in [1.54, 1.807) is 20.0 Å². The monoisotopic (exact) mass is 338 g/mol. The number of carbonyl (C=O) groups is 1. The van der Waals surface area contributed by atoms with Gasteiger partial charge in [0.2, 0.25) is 0 Å². The van der Waals surface area contributed by atoms with Crippen LogP contribution >= 0.6 is 0 Å². The first-order valence-electron chi connectivity index (χ1n) is 7.94. The van der Waals surface area contributed by atoms with Crippen LogP contribution in [0.5, 0.6) is 0 Å². The minimum absolute atomic E-state index is 0.0400.